The second kappa shape index (κ2) is 4.53. The SMILES string of the molecule is N#Cc1ccc(S(=O)(=O)[O-])cc1C#N.[NH4+]. The fourth-order valence-corrected chi connectivity index (χ4v) is 1.37. The van der Waals surface area contributed by atoms with Crippen molar-refractivity contribution in [1.82, 2.24) is 6.15 Å². The van der Waals surface area contributed by atoms with Gasteiger partial charge in [-0.1, -0.05) is 0 Å². The fraction of sp³-hybridized carbons (Fsp3) is 0. The molecule has 78 valence electrons. The minimum atomic E-state index is -4.57. The van der Waals surface area contributed by atoms with Crippen LogP contribution in [-0.2, 0) is 10.1 Å². The smallest absolute Gasteiger partial charge is 0.124 e. The molecule has 1 aromatic carbocycles. The number of rotatable bonds is 1. The molecule has 6 nitrogen and oxygen atoms in total. The van der Waals surface area contributed by atoms with Gasteiger partial charge in [0.25, 0.3) is 0 Å². The zero-order valence-electron chi connectivity index (χ0n) is 7.76. The number of hydrogen-bond acceptors (Lipinski definition) is 5. The van der Waals surface area contributed by atoms with Gasteiger partial charge < -0.3 is 10.7 Å². The number of hydrogen-bond donors (Lipinski definition) is 1. The van der Waals surface area contributed by atoms with Crippen LogP contribution in [0.2, 0.25) is 0 Å². The van der Waals surface area contributed by atoms with Gasteiger partial charge in [0.1, 0.15) is 22.3 Å². The van der Waals surface area contributed by atoms with Gasteiger partial charge in [-0.15, -0.1) is 0 Å². The summed E-state index contributed by atoms with van der Waals surface area (Å²) in [6.07, 6.45) is 0. The van der Waals surface area contributed by atoms with Crippen molar-refractivity contribution in [2.24, 2.45) is 0 Å². The molecule has 15 heavy (non-hydrogen) atoms. The van der Waals surface area contributed by atoms with E-state index in [9.17, 15) is 13.0 Å². The van der Waals surface area contributed by atoms with Crippen molar-refractivity contribution in [2.75, 3.05) is 0 Å². The van der Waals surface area contributed by atoms with E-state index in [0.29, 0.717) is 0 Å². The third-order valence-corrected chi connectivity index (χ3v) is 2.35. The average molecular weight is 225 g/mol. The Labute approximate surface area is 86.7 Å². The quantitative estimate of drug-likeness (QED) is 0.700. The first-order valence-electron chi connectivity index (χ1n) is 3.39. The maximum absolute atomic E-state index is 10.6. The van der Waals surface area contributed by atoms with Gasteiger partial charge in [-0.2, -0.15) is 10.5 Å². The molecule has 0 bridgehead atoms. The zero-order valence-corrected chi connectivity index (χ0v) is 8.58. The van der Waals surface area contributed by atoms with Crippen LogP contribution in [0.3, 0.4) is 0 Å². The molecule has 0 saturated heterocycles. The molecule has 4 N–H and O–H groups in total. The van der Waals surface area contributed by atoms with Gasteiger partial charge in [-0.05, 0) is 18.2 Å². The molecule has 0 heterocycles. The summed E-state index contributed by atoms with van der Waals surface area (Å²) in [4.78, 5) is -0.506. The van der Waals surface area contributed by atoms with Crippen molar-refractivity contribution in [3.8, 4) is 12.1 Å². The molecule has 0 spiro atoms. The molecular weight excluding hydrogens is 218 g/mol. The Morgan fingerprint density at radius 2 is 1.67 bits per heavy atom. The standard InChI is InChI=1S/C8H4N2O3S.H3N/c9-4-6-1-2-8(14(11,12)13)3-7(6)5-10;/h1-3H,(H,11,12,13);1H3. The molecule has 0 saturated carbocycles. The number of quaternary nitrogens is 1. The van der Waals surface area contributed by atoms with Crippen LogP contribution in [0.4, 0.5) is 0 Å². The van der Waals surface area contributed by atoms with E-state index in [2.05, 4.69) is 0 Å². The molecule has 0 aliphatic carbocycles. The second-order valence-electron chi connectivity index (χ2n) is 2.39. The van der Waals surface area contributed by atoms with Crippen molar-refractivity contribution in [3.63, 3.8) is 0 Å². The van der Waals surface area contributed by atoms with Crippen LogP contribution in [0.15, 0.2) is 23.1 Å². The molecule has 0 radical (unpaired) electrons. The van der Waals surface area contributed by atoms with Crippen molar-refractivity contribution in [1.29, 1.82) is 10.5 Å². The van der Waals surface area contributed by atoms with E-state index in [-0.39, 0.29) is 17.3 Å². The molecule has 1 aromatic rings. The predicted molar refractivity (Wildman–Crippen MR) is 49.8 cm³/mol. The zero-order chi connectivity index (χ0) is 10.8. The lowest BCUT2D eigenvalue weighted by atomic mass is 10.1. The highest BCUT2D eigenvalue weighted by Crippen LogP contribution is 2.14. The van der Waals surface area contributed by atoms with E-state index >= 15 is 0 Å². The van der Waals surface area contributed by atoms with Crippen LogP contribution in [0.1, 0.15) is 11.1 Å². The molecule has 0 unspecified atom stereocenters. The summed E-state index contributed by atoms with van der Waals surface area (Å²) in [5.41, 5.74) is -0.0793. The van der Waals surface area contributed by atoms with Gasteiger partial charge in [-0.25, -0.2) is 8.42 Å². The first-order chi connectivity index (χ1) is 6.49. The van der Waals surface area contributed by atoms with E-state index in [1.54, 1.807) is 12.1 Å². The first kappa shape index (κ1) is 13.1. The Kier molecular flexibility index (Phi) is 3.95. The fourth-order valence-electron chi connectivity index (χ4n) is 0.869. The van der Waals surface area contributed by atoms with Crippen LogP contribution in [0, 0.1) is 22.7 Å². The lowest BCUT2D eigenvalue weighted by Crippen LogP contribution is -1.99. The molecule has 0 aliphatic rings. The normalized spacial score (nSPS) is 9.53. The molecule has 0 aliphatic heterocycles. The molecule has 0 aromatic heterocycles. The van der Waals surface area contributed by atoms with Gasteiger partial charge in [0.15, 0.2) is 0 Å². The molecule has 0 fully saturated rings. The van der Waals surface area contributed by atoms with Gasteiger partial charge >= 0.3 is 0 Å². The Morgan fingerprint density at radius 3 is 2.07 bits per heavy atom. The first-order valence-corrected chi connectivity index (χ1v) is 4.80. The minimum Gasteiger partial charge on any atom is -0.744 e. The monoisotopic (exact) mass is 225 g/mol. The molecule has 0 atom stereocenters. The summed E-state index contributed by atoms with van der Waals surface area (Å²) in [6, 6.07) is 6.36. The van der Waals surface area contributed by atoms with Crippen LogP contribution in [-0.4, -0.2) is 13.0 Å². The molecule has 0 amide bonds. The van der Waals surface area contributed by atoms with Crippen LogP contribution >= 0.6 is 0 Å². The van der Waals surface area contributed by atoms with E-state index in [1.807, 2.05) is 0 Å². The van der Waals surface area contributed by atoms with E-state index in [0.717, 1.165) is 18.2 Å². The largest absolute Gasteiger partial charge is 0.744 e. The minimum absolute atomic E-state index is 0. The third kappa shape index (κ3) is 2.76. The highest BCUT2D eigenvalue weighted by Gasteiger charge is 2.06. The van der Waals surface area contributed by atoms with E-state index in [4.69, 9.17) is 10.5 Å². The number of benzene rings is 1. The average Bonchev–Trinajstić information content (AvgIpc) is 2.15. The van der Waals surface area contributed by atoms with Gasteiger partial charge in [0.2, 0.25) is 0 Å². The van der Waals surface area contributed by atoms with Crippen LogP contribution < -0.4 is 6.15 Å². The second-order valence-corrected chi connectivity index (χ2v) is 3.76. The highest BCUT2D eigenvalue weighted by molar-refractivity contribution is 7.85. The third-order valence-electron chi connectivity index (χ3n) is 1.52. The summed E-state index contributed by atoms with van der Waals surface area (Å²) < 4.78 is 31.7. The lowest BCUT2D eigenvalue weighted by molar-refractivity contribution is 0.463. The van der Waals surface area contributed by atoms with Crippen LogP contribution in [0.5, 0.6) is 0 Å². The topological polar surface area (TPSA) is 141 Å². The summed E-state index contributed by atoms with van der Waals surface area (Å²) >= 11 is 0. The Hall–Kier alpha value is -1.93. The van der Waals surface area contributed by atoms with Crippen LogP contribution in [0.25, 0.3) is 0 Å². The predicted octanol–water partition coefficient (Wildman–Crippen LogP) is 0.710. The van der Waals surface area contributed by atoms with Crippen molar-refractivity contribution in [2.45, 2.75) is 4.90 Å². The molecular formula is C8H7N3O3S. The van der Waals surface area contributed by atoms with E-state index in [1.165, 1.54) is 0 Å². The molecule has 7 heteroatoms. The summed E-state index contributed by atoms with van der Waals surface area (Å²) in [5.74, 6) is 0. The number of nitrogens with zero attached hydrogens (tertiary/aromatic N) is 2. The van der Waals surface area contributed by atoms with E-state index < -0.39 is 15.0 Å². The molecule has 1 rings (SSSR count). The van der Waals surface area contributed by atoms with Gasteiger partial charge in [-0.3, -0.25) is 0 Å². The summed E-state index contributed by atoms with van der Waals surface area (Å²) in [5, 5.41) is 17.1. The summed E-state index contributed by atoms with van der Waals surface area (Å²) in [7, 11) is -4.57. The lowest BCUT2D eigenvalue weighted by Gasteiger charge is -2.06. The van der Waals surface area contributed by atoms with Gasteiger partial charge in [0.05, 0.1) is 16.0 Å². The maximum atomic E-state index is 10.6. The number of nitriles is 2. The van der Waals surface area contributed by atoms with Crippen molar-refractivity contribution >= 4 is 10.1 Å². The summed E-state index contributed by atoms with van der Waals surface area (Å²) in [6.45, 7) is 0. The maximum Gasteiger partial charge on any atom is 0.124 e. The Balaban J connectivity index is 0.00000196. The van der Waals surface area contributed by atoms with Crippen molar-refractivity contribution in [3.05, 3.63) is 29.3 Å². The highest BCUT2D eigenvalue weighted by atomic mass is 32.2. The Morgan fingerprint density at radius 1 is 1.13 bits per heavy atom. The van der Waals surface area contributed by atoms with Crippen molar-refractivity contribution < 1.29 is 13.0 Å². The van der Waals surface area contributed by atoms with Gasteiger partial charge in [0, 0.05) is 0 Å². The Bertz CT molecular complexity index is 551.